The molecule has 9 heteroatoms. The molecule has 0 bridgehead atoms. The zero-order valence-electron chi connectivity index (χ0n) is 21.3. The molecule has 2 aromatic carbocycles. The van der Waals surface area contributed by atoms with Crippen molar-refractivity contribution < 1.29 is 19.1 Å². The van der Waals surface area contributed by atoms with Gasteiger partial charge in [-0.15, -0.1) is 0 Å². The SMILES string of the molecule is CCOC(=O)N1CCC(NC(=O)C[C@H]2C(=O)N(Cc3ccccc3)[C@H](C)c3nc4ccccc4n32)CC1. The van der Waals surface area contributed by atoms with Gasteiger partial charge in [0.2, 0.25) is 11.8 Å². The van der Waals surface area contributed by atoms with E-state index in [1.807, 2.05) is 71.0 Å². The standard InChI is InChI=1S/C28H33N5O4/c1-3-37-28(36)31-15-13-21(14-16-31)29-25(34)17-24-27(35)32(18-20-9-5-4-6-10-20)19(2)26-30-22-11-7-8-12-23(22)33(24)26/h4-12,19,21,24H,3,13-18H2,1-2H3,(H,29,34)/t19-,24+/m1/s1. The van der Waals surface area contributed by atoms with E-state index in [2.05, 4.69) is 5.32 Å². The Morgan fingerprint density at radius 3 is 2.49 bits per heavy atom. The Balaban J connectivity index is 1.35. The third-order valence-electron chi connectivity index (χ3n) is 7.30. The quantitative estimate of drug-likeness (QED) is 0.552. The molecule has 3 amide bonds. The third-order valence-corrected chi connectivity index (χ3v) is 7.30. The maximum absolute atomic E-state index is 13.9. The number of piperidine rings is 1. The molecule has 0 spiro atoms. The number of hydrogen-bond acceptors (Lipinski definition) is 5. The maximum atomic E-state index is 13.9. The Kier molecular flexibility index (Phi) is 7.12. The molecule has 194 valence electrons. The molecule has 0 unspecified atom stereocenters. The van der Waals surface area contributed by atoms with E-state index < -0.39 is 6.04 Å². The van der Waals surface area contributed by atoms with Gasteiger partial charge in [-0.2, -0.15) is 0 Å². The van der Waals surface area contributed by atoms with Gasteiger partial charge in [-0.3, -0.25) is 9.59 Å². The predicted octanol–water partition coefficient (Wildman–Crippen LogP) is 3.81. The summed E-state index contributed by atoms with van der Waals surface area (Å²) >= 11 is 0. The van der Waals surface area contributed by atoms with Gasteiger partial charge in [0.1, 0.15) is 11.9 Å². The Bertz CT molecular complexity index is 1280. The van der Waals surface area contributed by atoms with Crippen LogP contribution in [0.3, 0.4) is 0 Å². The van der Waals surface area contributed by atoms with Crippen molar-refractivity contribution in [3.8, 4) is 0 Å². The van der Waals surface area contributed by atoms with E-state index in [-0.39, 0.29) is 36.4 Å². The number of benzene rings is 2. The van der Waals surface area contributed by atoms with Gasteiger partial charge >= 0.3 is 6.09 Å². The Hall–Kier alpha value is -3.88. The number of fused-ring (bicyclic) bond motifs is 3. The number of nitrogens with zero attached hydrogens (tertiary/aromatic N) is 4. The smallest absolute Gasteiger partial charge is 0.409 e. The van der Waals surface area contributed by atoms with E-state index in [1.54, 1.807) is 11.8 Å². The third kappa shape index (κ3) is 5.03. The normalized spacial score (nSPS) is 20.1. The lowest BCUT2D eigenvalue weighted by Gasteiger charge is -2.39. The molecule has 5 rings (SSSR count). The van der Waals surface area contributed by atoms with Crippen molar-refractivity contribution in [1.82, 2.24) is 24.7 Å². The molecule has 3 aromatic rings. The zero-order valence-corrected chi connectivity index (χ0v) is 21.3. The molecule has 0 saturated carbocycles. The Morgan fingerprint density at radius 1 is 1.05 bits per heavy atom. The number of imidazole rings is 1. The second-order valence-corrected chi connectivity index (χ2v) is 9.70. The van der Waals surface area contributed by atoms with Crippen LogP contribution in [0.25, 0.3) is 11.0 Å². The summed E-state index contributed by atoms with van der Waals surface area (Å²) in [5.41, 5.74) is 2.71. The molecule has 0 aliphatic carbocycles. The molecular weight excluding hydrogens is 470 g/mol. The van der Waals surface area contributed by atoms with Crippen LogP contribution in [0.5, 0.6) is 0 Å². The number of carbonyl (C=O) groups excluding carboxylic acids is 3. The van der Waals surface area contributed by atoms with Gasteiger partial charge < -0.3 is 24.4 Å². The monoisotopic (exact) mass is 503 g/mol. The fourth-order valence-corrected chi connectivity index (χ4v) is 5.37. The van der Waals surface area contributed by atoms with Crippen LogP contribution in [0.1, 0.15) is 56.6 Å². The fraction of sp³-hybridized carbons (Fsp3) is 0.429. The van der Waals surface area contributed by atoms with E-state index in [9.17, 15) is 14.4 Å². The molecule has 1 fully saturated rings. The predicted molar refractivity (Wildman–Crippen MR) is 139 cm³/mol. The topological polar surface area (TPSA) is 96.8 Å². The number of hydrogen-bond donors (Lipinski definition) is 1. The molecule has 2 atom stereocenters. The van der Waals surface area contributed by atoms with Crippen molar-refractivity contribution in [3.05, 3.63) is 66.0 Å². The average molecular weight is 504 g/mol. The van der Waals surface area contributed by atoms with E-state index >= 15 is 0 Å². The van der Waals surface area contributed by atoms with Crippen molar-refractivity contribution in [2.45, 2.75) is 57.8 Å². The molecule has 2 aliphatic rings. The van der Waals surface area contributed by atoms with Crippen LogP contribution in [0.2, 0.25) is 0 Å². The number of likely N-dealkylation sites (tertiary alicyclic amines) is 1. The number of aromatic nitrogens is 2. The van der Waals surface area contributed by atoms with Crippen molar-refractivity contribution in [1.29, 1.82) is 0 Å². The number of rotatable bonds is 6. The summed E-state index contributed by atoms with van der Waals surface area (Å²) in [4.78, 5) is 47.5. The highest BCUT2D eigenvalue weighted by Crippen LogP contribution is 2.37. The van der Waals surface area contributed by atoms with Gasteiger partial charge in [0, 0.05) is 25.7 Å². The molecule has 1 aromatic heterocycles. The van der Waals surface area contributed by atoms with Gasteiger partial charge in [0.05, 0.1) is 30.1 Å². The van der Waals surface area contributed by atoms with Crippen LogP contribution in [0, 0.1) is 0 Å². The Labute approximate surface area is 216 Å². The summed E-state index contributed by atoms with van der Waals surface area (Å²) in [6, 6.07) is 16.7. The Morgan fingerprint density at radius 2 is 1.76 bits per heavy atom. The van der Waals surface area contributed by atoms with Crippen LogP contribution in [0.4, 0.5) is 4.79 Å². The van der Waals surface area contributed by atoms with Crippen LogP contribution < -0.4 is 5.32 Å². The lowest BCUT2D eigenvalue weighted by atomic mass is 10.0. The first kappa shape index (κ1) is 24.8. The first-order chi connectivity index (χ1) is 18.0. The minimum atomic E-state index is -0.679. The van der Waals surface area contributed by atoms with E-state index in [0.29, 0.717) is 39.1 Å². The lowest BCUT2D eigenvalue weighted by molar-refractivity contribution is -0.142. The maximum Gasteiger partial charge on any atom is 0.409 e. The summed E-state index contributed by atoms with van der Waals surface area (Å²) in [5, 5.41) is 3.10. The first-order valence-electron chi connectivity index (χ1n) is 13.0. The molecule has 37 heavy (non-hydrogen) atoms. The van der Waals surface area contributed by atoms with Gasteiger partial charge in [-0.1, -0.05) is 42.5 Å². The van der Waals surface area contributed by atoms with Crippen molar-refractivity contribution >= 4 is 28.9 Å². The van der Waals surface area contributed by atoms with E-state index in [1.165, 1.54) is 0 Å². The summed E-state index contributed by atoms with van der Waals surface area (Å²) in [6.07, 6.45) is 1.02. The van der Waals surface area contributed by atoms with Gasteiger partial charge in [0.25, 0.3) is 0 Å². The van der Waals surface area contributed by atoms with Crippen molar-refractivity contribution in [3.63, 3.8) is 0 Å². The highest BCUT2D eigenvalue weighted by atomic mass is 16.6. The second kappa shape index (κ2) is 10.6. The summed E-state index contributed by atoms with van der Waals surface area (Å²) in [7, 11) is 0. The molecule has 2 aliphatic heterocycles. The fourth-order valence-electron chi connectivity index (χ4n) is 5.37. The van der Waals surface area contributed by atoms with Gasteiger partial charge in [-0.05, 0) is 44.4 Å². The minimum absolute atomic E-state index is 0.0300. The molecule has 1 N–H and O–H groups in total. The average Bonchev–Trinajstić information content (AvgIpc) is 3.30. The van der Waals surface area contributed by atoms with Crippen molar-refractivity contribution in [2.24, 2.45) is 0 Å². The van der Waals surface area contributed by atoms with E-state index in [4.69, 9.17) is 9.72 Å². The van der Waals surface area contributed by atoms with Crippen LogP contribution >= 0.6 is 0 Å². The first-order valence-corrected chi connectivity index (χ1v) is 13.0. The summed E-state index contributed by atoms with van der Waals surface area (Å²) in [5.74, 6) is 0.530. The van der Waals surface area contributed by atoms with Gasteiger partial charge in [-0.25, -0.2) is 9.78 Å². The number of carbonyl (C=O) groups is 3. The van der Waals surface area contributed by atoms with Crippen LogP contribution in [-0.4, -0.2) is 63.0 Å². The summed E-state index contributed by atoms with van der Waals surface area (Å²) in [6.45, 7) is 5.64. The van der Waals surface area contributed by atoms with Crippen molar-refractivity contribution in [2.75, 3.05) is 19.7 Å². The number of para-hydroxylation sites is 2. The molecule has 1 saturated heterocycles. The number of nitrogens with one attached hydrogen (secondary N) is 1. The highest BCUT2D eigenvalue weighted by molar-refractivity contribution is 5.91. The largest absolute Gasteiger partial charge is 0.450 e. The van der Waals surface area contributed by atoms with Crippen LogP contribution in [0.15, 0.2) is 54.6 Å². The van der Waals surface area contributed by atoms with E-state index in [0.717, 1.165) is 22.4 Å². The number of ether oxygens (including phenoxy) is 1. The highest BCUT2D eigenvalue weighted by Gasteiger charge is 2.40. The molecular formula is C28H33N5O4. The van der Waals surface area contributed by atoms with Crippen LogP contribution in [-0.2, 0) is 20.9 Å². The molecule has 3 heterocycles. The minimum Gasteiger partial charge on any atom is -0.450 e. The van der Waals surface area contributed by atoms with Gasteiger partial charge in [0.15, 0.2) is 0 Å². The number of amides is 3. The lowest BCUT2D eigenvalue weighted by Crippen LogP contribution is -2.49. The summed E-state index contributed by atoms with van der Waals surface area (Å²) < 4.78 is 7.03. The second-order valence-electron chi connectivity index (χ2n) is 9.70. The molecule has 9 nitrogen and oxygen atoms in total. The molecule has 0 radical (unpaired) electrons. The zero-order chi connectivity index (χ0) is 25.9.